The van der Waals surface area contributed by atoms with Gasteiger partial charge in [0.25, 0.3) is 11.6 Å². The normalized spacial score (nSPS) is 11.8. The number of nitrogens with one attached hydrogen (secondary N) is 1. The highest BCUT2D eigenvalue weighted by molar-refractivity contribution is 6.33. The summed E-state index contributed by atoms with van der Waals surface area (Å²) < 4.78 is 0. The average Bonchev–Trinajstić information content (AvgIpc) is 2.49. The number of non-ortho nitro benzene ring substituents is 1. The Balaban J connectivity index is 2.26. The Morgan fingerprint density at radius 3 is 2.57 bits per heavy atom. The molecule has 0 saturated carbocycles. The highest BCUT2D eigenvalue weighted by Gasteiger charge is 2.18. The number of nitro benzene ring substituents is 1. The summed E-state index contributed by atoms with van der Waals surface area (Å²) in [5.74, 6) is -0.438. The smallest absolute Gasteiger partial charge is 0.270 e. The van der Waals surface area contributed by atoms with Crippen molar-refractivity contribution < 1.29 is 9.72 Å². The number of hydrogen-bond acceptors (Lipinski definition) is 3. The molecule has 0 aromatic heterocycles. The van der Waals surface area contributed by atoms with E-state index in [4.69, 9.17) is 11.6 Å². The topological polar surface area (TPSA) is 72.2 Å². The van der Waals surface area contributed by atoms with Crippen molar-refractivity contribution in [2.24, 2.45) is 0 Å². The SMILES string of the molecule is Cc1ccc(C)c([C@H](C)NC(=O)c2cc([N+](=O)[O-])ccc2Cl)c1. The van der Waals surface area contributed by atoms with Crippen LogP contribution in [-0.4, -0.2) is 10.8 Å². The Hall–Kier alpha value is -2.40. The number of hydrogen-bond donors (Lipinski definition) is 1. The largest absolute Gasteiger partial charge is 0.345 e. The third-order valence-electron chi connectivity index (χ3n) is 3.65. The van der Waals surface area contributed by atoms with Crippen LogP contribution in [0, 0.1) is 24.0 Å². The summed E-state index contributed by atoms with van der Waals surface area (Å²) in [6, 6.07) is 9.59. The van der Waals surface area contributed by atoms with E-state index >= 15 is 0 Å². The van der Waals surface area contributed by atoms with E-state index in [1.807, 2.05) is 39.0 Å². The quantitative estimate of drug-likeness (QED) is 0.668. The van der Waals surface area contributed by atoms with E-state index in [0.717, 1.165) is 16.7 Å². The van der Waals surface area contributed by atoms with Gasteiger partial charge < -0.3 is 5.32 Å². The van der Waals surface area contributed by atoms with Gasteiger partial charge in [0.1, 0.15) is 0 Å². The van der Waals surface area contributed by atoms with Crippen LogP contribution in [-0.2, 0) is 0 Å². The maximum Gasteiger partial charge on any atom is 0.270 e. The van der Waals surface area contributed by atoms with Gasteiger partial charge in [-0.3, -0.25) is 14.9 Å². The number of rotatable bonds is 4. The highest BCUT2D eigenvalue weighted by atomic mass is 35.5. The van der Waals surface area contributed by atoms with E-state index in [2.05, 4.69) is 5.32 Å². The summed E-state index contributed by atoms with van der Waals surface area (Å²) in [4.78, 5) is 22.7. The maximum absolute atomic E-state index is 12.4. The molecule has 120 valence electrons. The number of nitrogens with zero attached hydrogens (tertiary/aromatic N) is 1. The Morgan fingerprint density at radius 2 is 1.91 bits per heavy atom. The molecule has 1 N–H and O–H groups in total. The Kier molecular flexibility index (Phi) is 5.01. The van der Waals surface area contributed by atoms with Crippen LogP contribution in [0.4, 0.5) is 5.69 Å². The van der Waals surface area contributed by atoms with Gasteiger partial charge >= 0.3 is 0 Å². The first-order valence-electron chi connectivity index (χ1n) is 7.11. The number of carbonyl (C=O) groups is 1. The minimum absolute atomic E-state index is 0.0954. The molecule has 5 nitrogen and oxygen atoms in total. The summed E-state index contributed by atoms with van der Waals surface area (Å²) in [6.07, 6.45) is 0. The van der Waals surface area contributed by atoms with Gasteiger partial charge in [-0.2, -0.15) is 0 Å². The van der Waals surface area contributed by atoms with E-state index in [-0.39, 0.29) is 22.3 Å². The van der Waals surface area contributed by atoms with Crippen LogP contribution in [0.15, 0.2) is 36.4 Å². The average molecular weight is 333 g/mol. The molecule has 0 aliphatic rings. The van der Waals surface area contributed by atoms with Crippen LogP contribution in [0.1, 0.15) is 40.0 Å². The van der Waals surface area contributed by atoms with Crippen molar-refractivity contribution >= 4 is 23.2 Å². The molecule has 2 aromatic carbocycles. The van der Waals surface area contributed by atoms with Crippen LogP contribution in [0.25, 0.3) is 0 Å². The molecule has 1 atom stereocenters. The fourth-order valence-corrected chi connectivity index (χ4v) is 2.58. The summed E-state index contributed by atoms with van der Waals surface area (Å²) in [7, 11) is 0. The molecule has 0 aliphatic carbocycles. The molecular weight excluding hydrogens is 316 g/mol. The van der Waals surface area contributed by atoms with Gasteiger partial charge in [0, 0.05) is 12.1 Å². The van der Waals surface area contributed by atoms with E-state index < -0.39 is 10.8 Å². The monoisotopic (exact) mass is 332 g/mol. The minimum Gasteiger partial charge on any atom is -0.345 e. The molecule has 0 spiro atoms. The standard InChI is InChI=1S/C17H17ClN2O3/c1-10-4-5-11(2)14(8-10)12(3)19-17(21)15-9-13(20(22)23)6-7-16(15)18/h4-9,12H,1-3H3,(H,19,21)/t12-/m0/s1. The summed E-state index contributed by atoms with van der Waals surface area (Å²) in [6.45, 7) is 5.82. The molecule has 0 radical (unpaired) electrons. The zero-order valence-corrected chi connectivity index (χ0v) is 13.8. The van der Waals surface area contributed by atoms with Crippen molar-refractivity contribution in [3.05, 3.63) is 73.8 Å². The first-order valence-corrected chi connectivity index (χ1v) is 7.49. The van der Waals surface area contributed by atoms with Crippen molar-refractivity contribution in [2.75, 3.05) is 0 Å². The zero-order chi connectivity index (χ0) is 17.1. The fourth-order valence-electron chi connectivity index (χ4n) is 2.38. The number of aryl methyl sites for hydroxylation is 2. The van der Waals surface area contributed by atoms with E-state index in [1.165, 1.54) is 18.2 Å². The van der Waals surface area contributed by atoms with Gasteiger partial charge in [0.2, 0.25) is 0 Å². The summed E-state index contributed by atoms with van der Waals surface area (Å²) >= 11 is 6.00. The molecule has 2 aromatic rings. The van der Waals surface area contributed by atoms with Gasteiger partial charge in [0.05, 0.1) is 21.6 Å². The third-order valence-corrected chi connectivity index (χ3v) is 3.98. The Morgan fingerprint density at radius 1 is 1.22 bits per heavy atom. The number of halogens is 1. The number of nitro groups is 1. The second kappa shape index (κ2) is 6.79. The van der Waals surface area contributed by atoms with Crippen molar-refractivity contribution in [3.8, 4) is 0 Å². The fraction of sp³-hybridized carbons (Fsp3) is 0.235. The Bertz CT molecular complexity index is 774. The van der Waals surface area contributed by atoms with Gasteiger partial charge in [0.15, 0.2) is 0 Å². The molecule has 0 fully saturated rings. The molecule has 0 heterocycles. The van der Waals surface area contributed by atoms with Crippen LogP contribution in [0.2, 0.25) is 5.02 Å². The third kappa shape index (κ3) is 3.87. The van der Waals surface area contributed by atoms with Crippen LogP contribution in [0.5, 0.6) is 0 Å². The van der Waals surface area contributed by atoms with E-state index in [0.29, 0.717) is 0 Å². The Labute approximate surface area is 139 Å². The lowest BCUT2D eigenvalue weighted by Gasteiger charge is -2.17. The molecule has 0 unspecified atom stereocenters. The van der Waals surface area contributed by atoms with Gasteiger partial charge in [-0.1, -0.05) is 35.4 Å². The van der Waals surface area contributed by atoms with Crippen molar-refractivity contribution in [1.29, 1.82) is 0 Å². The molecule has 0 aliphatic heterocycles. The molecule has 23 heavy (non-hydrogen) atoms. The van der Waals surface area contributed by atoms with Crippen molar-refractivity contribution in [1.82, 2.24) is 5.32 Å². The second-order valence-electron chi connectivity index (χ2n) is 5.48. The van der Waals surface area contributed by atoms with Crippen LogP contribution in [0.3, 0.4) is 0 Å². The molecule has 1 amide bonds. The lowest BCUT2D eigenvalue weighted by Crippen LogP contribution is -2.27. The molecular formula is C17H17ClN2O3. The van der Waals surface area contributed by atoms with Crippen LogP contribution < -0.4 is 5.32 Å². The van der Waals surface area contributed by atoms with Gasteiger partial charge in [-0.15, -0.1) is 0 Å². The van der Waals surface area contributed by atoms with Gasteiger partial charge in [-0.05, 0) is 38.0 Å². The van der Waals surface area contributed by atoms with E-state index in [1.54, 1.807) is 0 Å². The number of benzene rings is 2. The maximum atomic E-state index is 12.4. The lowest BCUT2D eigenvalue weighted by atomic mass is 9.99. The zero-order valence-electron chi connectivity index (χ0n) is 13.1. The van der Waals surface area contributed by atoms with E-state index in [9.17, 15) is 14.9 Å². The highest BCUT2D eigenvalue weighted by Crippen LogP contribution is 2.24. The minimum atomic E-state index is -0.554. The van der Waals surface area contributed by atoms with Crippen molar-refractivity contribution in [3.63, 3.8) is 0 Å². The lowest BCUT2D eigenvalue weighted by molar-refractivity contribution is -0.384. The molecule has 6 heteroatoms. The summed E-state index contributed by atoms with van der Waals surface area (Å²) in [5.41, 5.74) is 3.09. The number of amides is 1. The van der Waals surface area contributed by atoms with Gasteiger partial charge in [-0.25, -0.2) is 0 Å². The van der Waals surface area contributed by atoms with Crippen molar-refractivity contribution in [2.45, 2.75) is 26.8 Å². The summed E-state index contributed by atoms with van der Waals surface area (Å²) in [5, 5.41) is 13.9. The number of carbonyl (C=O) groups excluding carboxylic acids is 1. The first-order chi connectivity index (χ1) is 10.8. The second-order valence-corrected chi connectivity index (χ2v) is 5.88. The predicted octanol–water partition coefficient (Wildman–Crippen LogP) is 4.36. The van der Waals surface area contributed by atoms with Crippen LogP contribution >= 0.6 is 11.6 Å². The molecule has 0 bridgehead atoms. The predicted molar refractivity (Wildman–Crippen MR) is 89.9 cm³/mol. The molecule has 0 saturated heterocycles. The first kappa shape index (κ1) is 17.0. The molecule has 2 rings (SSSR count).